The molecule has 2 rings (SSSR count). The van der Waals surface area contributed by atoms with Crippen molar-refractivity contribution >= 4 is 35.2 Å². The van der Waals surface area contributed by atoms with Gasteiger partial charge < -0.3 is 25.7 Å². The van der Waals surface area contributed by atoms with Gasteiger partial charge in [0.15, 0.2) is 23.1 Å². The average Bonchev–Trinajstić information content (AvgIpc) is 2.56. The maximum absolute atomic E-state index is 11.9. The largest absolute Gasteiger partial charge is 0.507 e. The first-order chi connectivity index (χ1) is 12.1. The van der Waals surface area contributed by atoms with Crippen molar-refractivity contribution in [2.75, 3.05) is 5.75 Å². The minimum atomic E-state index is -1.26. The first kappa shape index (κ1) is 19.3. The van der Waals surface area contributed by atoms with Crippen LogP contribution in [0.1, 0.15) is 33.2 Å². The fourth-order valence-electron chi connectivity index (χ4n) is 2.39. The van der Waals surface area contributed by atoms with Crippen molar-refractivity contribution in [3.05, 3.63) is 28.8 Å². The fraction of sp³-hybridized carbons (Fsp3) is 0.250. The molecule has 0 radical (unpaired) electrons. The summed E-state index contributed by atoms with van der Waals surface area (Å²) in [6.07, 6.45) is 1.86. The molecule has 1 aromatic rings. The third-order valence-corrected chi connectivity index (χ3v) is 4.67. The highest BCUT2D eigenvalue weighted by molar-refractivity contribution is 7.98. The lowest BCUT2D eigenvalue weighted by molar-refractivity contribution is -0.140. The highest BCUT2D eigenvalue weighted by Gasteiger charge is 2.32. The number of thioether (sulfide) groups is 1. The topological polar surface area (TPSA) is 161 Å². The van der Waals surface area contributed by atoms with Crippen LogP contribution in [0.4, 0.5) is 0 Å². The lowest BCUT2D eigenvalue weighted by atomic mass is 9.90. The molecule has 9 nitrogen and oxygen atoms in total. The highest BCUT2D eigenvalue weighted by atomic mass is 32.2. The van der Waals surface area contributed by atoms with Crippen LogP contribution in [0, 0.1) is 0 Å². The van der Waals surface area contributed by atoms with E-state index in [1.54, 1.807) is 0 Å². The Labute approximate surface area is 151 Å². The fourth-order valence-corrected chi connectivity index (χ4v) is 3.45. The number of carbonyl (C=O) groups excluding carboxylic acids is 3. The van der Waals surface area contributed by atoms with Crippen LogP contribution in [-0.2, 0) is 15.3 Å². The molecule has 10 heteroatoms. The predicted molar refractivity (Wildman–Crippen MR) is 90.6 cm³/mol. The monoisotopic (exact) mass is 381 g/mol. The number of rotatable bonds is 6. The molecule has 0 saturated heterocycles. The Hall–Kier alpha value is -3.01. The van der Waals surface area contributed by atoms with Crippen molar-refractivity contribution < 1.29 is 39.6 Å². The van der Waals surface area contributed by atoms with E-state index in [4.69, 9.17) is 5.11 Å². The third-order valence-electron chi connectivity index (χ3n) is 3.60. The van der Waals surface area contributed by atoms with Crippen molar-refractivity contribution in [2.24, 2.45) is 0 Å². The number of hydrogen-bond acceptors (Lipinski definition) is 8. The van der Waals surface area contributed by atoms with E-state index in [0.29, 0.717) is 0 Å². The molecule has 0 heterocycles. The van der Waals surface area contributed by atoms with Crippen LogP contribution in [0.3, 0.4) is 0 Å². The van der Waals surface area contributed by atoms with E-state index < -0.39 is 57.9 Å². The van der Waals surface area contributed by atoms with Crippen molar-refractivity contribution in [1.29, 1.82) is 0 Å². The Morgan fingerprint density at radius 3 is 2.08 bits per heavy atom. The van der Waals surface area contributed by atoms with Gasteiger partial charge in [-0.3, -0.25) is 14.4 Å². The van der Waals surface area contributed by atoms with Gasteiger partial charge in [-0.1, -0.05) is 0 Å². The molecule has 0 unspecified atom stereocenters. The molecular weight excluding hydrogens is 366 g/mol. The van der Waals surface area contributed by atoms with E-state index in [2.05, 4.69) is 5.32 Å². The maximum Gasteiger partial charge on any atom is 0.327 e. The summed E-state index contributed by atoms with van der Waals surface area (Å²) in [6.45, 7) is 1.16. The van der Waals surface area contributed by atoms with Crippen LogP contribution in [0.2, 0.25) is 0 Å². The molecule has 0 bridgehead atoms. The number of aliphatic carboxylic acids is 1. The Morgan fingerprint density at radius 2 is 1.58 bits per heavy atom. The smallest absolute Gasteiger partial charge is 0.327 e. The van der Waals surface area contributed by atoms with Gasteiger partial charge in [0.2, 0.25) is 5.91 Å². The lowest BCUT2D eigenvalue weighted by Crippen LogP contribution is -2.41. The number of phenols is 3. The van der Waals surface area contributed by atoms with Crippen LogP contribution in [0.25, 0.3) is 0 Å². The number of hydrogen-bond donors (Lipinski definition) is 5. The van der Waals surface area contributed by atoms with Crippen molar-refractivity contribution in [2.45, 2.75) is 18.7 Å². The molecule has 0 spiro atoms. The molecule has 0 saturated carbocycles. The summed E-state index contributed by atoms with van der Waals surface area (Å²) in [5.41, 5.74) is -1.11. The quantitative estimate of drug-likeness (QED) is 0.350. The minimum Gasteiger partial charge on any atom is -0.507 e. The van der Waals surface area contributed by atoms with Crippen LogP contribution in [0.15, 0.2) is 12.2 Å². The number of ketones is 2. The Balaban J connectivity index is 2.29. The second-order valence-electron chi connectivity index (χ2n) is 5.44. The van der Waals surface area contributed by atoms with Gasteiger partial charge in [-0.15, -0.1) is 0 Å². The SMILES string of the molecule is CC(=O)N[C@@H](CSCc1c(O)c(O)c2c(c1O)C(=O)C=CC2=O)C(=O)O. The molecule has 1 atom stereocenters. The molecule has 0 aliphatic heterocycles. The highest BCUT2D eigenvalue weighted by Crippen LogP contribution is 2.45. The van der Waals surface area contributed by atoms with Gasteiger partial charge in [0, 0.05) is 18.4 Å². The summed E-state index contributed by atoms with van der Waals surface area (Å²) in [5, 5.41) is 41.6. The van der Waals surface area contributed by atoms with E-state index in [9.17, 15) is 34.5 Å². The second-order valence-corrected chi connectivity index (χ2v) is 6.47. The molecule has 0 aromatic heterocycles. The molecule has 1 aromatic carbocycles. The minimum absolute atomic E-state index is 0.0988. The van der Waals surface area contributed by atoms with E-state index in [-0.39, 0.29) is 17.1 Å². The van der Waals surface area contributed by atoms with Gasteiger partial charge >= 0.3 is 5.97 Å². The van der Waals surface area contributed by atoms with Crippen LogP contribution >= 0.6 is 11.8 Å². The first-order valence-electron chi connectivity index (χ1n) is 7.29. The molecule has 1 amide bonds. The standard InChI is InChI=1S/C16H15NO8S/c1-6(18)17-8(16(24)25)5-26-4-7-13(21)11-9(19)2-3-10(20)12(11)15(23)14(7)22/h2-3,8,21-23H,4-5H2,1H3,(H,17,18)(H,24,25)/t8-/m0/s1. The van der Waals surface area contributed by atoms with Crippen molar-refractivity contribution in [3.8, 4) is 17.2 Å². The number of nitrogens with one attached hydrogen (secondary N) is 1. The lowest BCUT2D eigenvalue weighted by Gasteiger charge is -2.18. The zero-order chi connectivity index (χ0) is 19.6. The Bertz CT molecular complexity index is 845. The normalized spacial score (nSPS) is 14.0. The van der Waals surface area contributed by atoms with Gasteiger partial charge in [-0.05, 0) is 12.2 Å². The van der Waals surface area contributed by atoms with Crippen LogP contribution in [-0.4, -0.2) is 55.7 Å². The number of carbonyl (C=O) groups is 4. The number of carboxylic acids is 1. The average molecular weight is 381 g/mol. The van der Waals surface area contributed by atoms with E-state index in [1.165, 1.54) is 0 Å². The summed E-state index contributed by atoms with van der Waals surface area (Å²) in [7, 11) is 0. The molecule has 1 aliphatic carbocycles. The van der Waals surface area contributed by atoms with Gasteiger partial charge in [0.1, 0.15) is 11.8 Å². The zero-order valence-corrected chi connectivity index (χ0v) is 14.3. The molecule has 26 heavy (non-hydrogen) atoms. The number of aromatic hydroxyl groups is 3. The first-order valence-corrected chi connectivity index (χ1v) is 8.44. The van der Waals surface area contributed by atoms with Crippen molar-refractivity contribution in [1.82, 2.24) is 5.32 Å². The Morgan fingerprint density at radius 1 is 1.04 bits per heavy atom. The van der Waals surface area contributed by atoms with Gasteiger partial charge in [-0.2, -0.15) is 11.8 Å². The summed E-state index contributed by atoms with van der Waals surface area (Å²) in [5.74, 6) is -5.77. The molecular formula is C16H15NO8S. The molecule has 5 N–H and O–H groups in total. The van der Waals surface area contributed by atoms with Crippen LogP contribution in [0.5, 0.6) is 17.2 Å². The second kappa shape index (κ2) is 7.48. The third kappa shape index (κ3) is 3.64. The maximum atomic E-state index is 11.9. The van der Waals surface area contributed by atoms with Crippen molar-refractivity contribution in [3.63, 3.8) is 0 Å². The van der Waals surface area contributed by atoms with E-state index in [0.717, 1.165) is 30.8 Å². The number of benzene rings is 1. The summed E-state index contributed by atoms with van der Waals surface area (Å²) < 4.78 is 0. The summed E-state index contributed by atoms with van der Waals surface area (Å²) in [6, 6.07) is -1.20. The number of carboxylic acid groups (broad SMARTS) is 1. The van der Waals surface area contributed by atoms with Gasteiger partial charge in [-0.25, -0.2) is 4.79 Å². The Kier molecular flexibility index (Phi) is 5.56. The predicted octanol–water partition coefficient (Wildman–Crippen LogP) is 0.561. The molecule has 138 valence electrons. The zero-order valence-electron chi connectivity index (χ0n) is 13.5. The van der Waals surface area contributed by atoms with E-state index in [1.807, 2.05) is 0 Å². The molecule has 1 aliphatic rings. The number of phenolic OH excluding ortho intramolecular Hbond substituents is 3. The molecule has 0 fully saturated rings. The van der Waals surface area contributed by atoms with Gasteiger partial charge in [0.25, 0.3) is 0 Å². The summed E-state index contributed by atoms with van der Waals surface area (Å²) >= 11 is 0.934. The van der Waals surface area contributed by atoms with Gasteiger partial charge in [0.05, 0.1) is 16.7 Å². The number of amides is 1. The van der Waals surface area contributed by atoms with E-state index >= 15 is 0 Å². The summed E-state index contributed by atoms with van der Waals surface area (Å²) in [4.78, 5) is 45.8. The number of allylic oxidation sites excluding steroid dienone is 2. The number of fused-ring (bicyclic) bond motifs is 1. The van der Waals surface area contributed by atoms with Crippen LogP contribution < -0.4 is 5.32 Å².